The van der Waals surface area contributed by atoms with Gasteiger partial charge in [0.15, 0.2) is 46.3 Å². The van der Waals surface area contributed by atoms with Crippen LogP contribution in [0.15, 0.2) is 0 Å². The number of carbonyl (C=O) groups is 1. The highest BCUT2D eigenvalue weighted by molar-refractivity contribution is 5.95. The van der Waals surface area contributed by atoms with Gasteiger partial charge in [-0.05, 0) is 33.7 Å². The average Bonchev–Trinajstić information content (AvgIpc) is 3.10. The fraction of sp³-hybridized carbons (Fsp3) is 0.429. The SMILES string of the molecule is COc1c(C)c(OC)c2c(c1O)[C@@H]1[C@@H]3Cc4c(OC)c(C)c(OC)c(O)c4[C@H](CNC(=O)c4c(F)c(F)c(F)c(F)c4F)N3[C@@H](C#N)[C@H](C2)N1C. The Kier molecular flexibility index (Phi) is 9.09. The summed E-state index contributed by atoms with van der Waals surface area (Å²) in [5.74, 6) is -12.8. The molecular weight excluding hydrogens is 683 g/mol. The highest BCUT2D eigenvalue weighted by atomic mass is 19.2. The van der Waals surface area contributed by atoms with Crippen molar-refractivity contribution < 1.29 is 55.9 Å². The zero-order chi connectivity index (χ0) is 37.4. The molecule has 51 heavy (non-hydrogen) atoms. The standard InChI is InChI=1S/C35H35F5N4O7/c1-12-31(48-4)14-9-17-28-21-15(32(49-5)13(2)34(51-7)30(21)46)8-16(43(28)3)18(10-41)44(17)19(20(14)29(45)33(12)50-6)11-42-35(47)22-23(36)25(38)27(40)26(39)24(22)37/h16-19,28,45-46H,8-9,11H2,1-7H3,(H,42,47)/t16-,17-,18-,19-,28-/m0/s1. The van der Waals surface area contributed by atoms with Gasteiger partial charge in [-0.2, -0.15) is 5.26 Å². The lowest BCUT2D eigenvalue weighted by Crippen LogP contribution is -2.68. The molecule has 1 saturated heterocycles. The Labute approximate surface area is 289 Å². The summed E-state index contributed by atoms with van der Waals surface area (Å²) < 4.78 is 94.2. The van der Waals surface area contributed by atoms with Gasteiger partial charge >= 0.3 is 0 Å². The van der Waals surface area contributed by atoms with E-state index < -0.39 is 77.3 Å². The van der Waals surface area contributed by atoms with Crippen LogP contribution in [0.3, 0.4) is 0 Å². The van der Waals surface area contributed by atoms with Crippen LogP contribution in [0.1, 0.15) is 55.8 Å². The molecule has 2 bridgehead atoms. The lowest BCUT2D eigenvalue weighted by atomic mass is 9.71. The molecule has 3 aromatic carbocycles. The minimum atomic E-state index is -2.42. The first kappa shape index (κ1) is 35.8. The summed E-state index contributed by atoms with van der Waals surface area (Å²) in [6.45, 7) is 2.82. The molecular formula is C35H35F5N4O7. The van der Waals surface area contributed by atoms with Gasteiger partial charge in [0, 0.05) is 52.0 Å². The first-order valence-corrected chi connectivity index (χ1v) is 15.8. The molecule has 0 aromatic heterocycles. The molecule has 0 saturated carbocycles. The van der Waals surface area contributed by atoms with Crippen LogP contribution in [-0.2, 0) is 12.8 Å². The maximum atomic E-state index is 14.7. The van der Waals surface area contributed by atoms with Crippen molar-refractivity contribution in [2.75, 3.05) is 42.0 Å². The minimum Gasteiger partial charge on any atom is -0.504 e. The van der Waals surface area contributed by atoms with Gasteiger partial charge in [0.1, 0.15) is 23.1 Å². The first-order chi connectivity index (χ1) is 24.2. The van der Waals surface area contributed by atoms with Crippen molar-refractivity contribution in [3.05, 3.63) is 68.0 Å². The van der Waals surface area contributed by atoms with Gasteiger partial charge in [0.2, 0.25) is 5.82 Å². The van der Waals surface area contributed by atoms with Crippen LogP contribution < -0.4 is 24.3 Å². The van der Waals surface area contributed by atoms with Crippen LogP contribution in [0.5, 0.6) is 34.5 Å². The van der Waals surface area contributed by atoms with Crippen LogP contribution in [0.2, 0.25) is 0 Å². The van der Waals surface area contributed by atoms with Crippen molar-refractivity contribution in [2.24, 2.45) is 0 Å². The normalized spacial score (nSPS) is 22.3. The van der Waals surface area contributed by atoms with Crippen molar-refractivity contribution in [3.63, 3.8) is 0 Å². The number of likely N-dealkylation sites (N-methyl/N-ethyl adjacent to an activating group) is 1. The monoisotopic (exact) mass is 718 g/mol. The summed E-state index contributed by atoms with van der Waals surface area (Å²) in [6.07, 6.45) is 0.338. The number of phenolic OH excluding ortho intramolecular Hbond substituents is 2. The molecule has 3 aliphatic rings. The zero-order valence-electron chi connectivity index (χ0n) is 28.7. The summed E-state index contributed by atoms with van der Waals surface area (Å²) in [5, 5.41) is 36.5. The van der Waals surface area contributed by atoms with E-state index in [0.29, 0.717) is 39.3 Å². The number of hydrogen-bond acceptors (Lipinski definition) is 10. The Morgan fingerprint density at radius 3 is 1.73 bits per heavy atom. The number of nitrogens with zero attached hydrogens (tertiary/aromatic N) is 3. The summed E-state index contributed by atoms with van der Waals surface area (Å²) >= 11 is 0. The molecule has 1 fully saturated rings. The number of phenols is 2. The van der Waals surface area contributed by atoms with E-state index in [1.54, 1.807) is 18.7 Å². The summed E-state index contributed by atoms with van der Waals surface area (Å²) in [5.41, 5.74) is 1.05. The summed E-state index contributed by atoms with van der Waals surface area (Å²) in [7, 11) is 7.44. The van der Waals surface area contributed by atoms with Crippen molar-refractivity contribution in [1.29, 1.82) is 5.26 Å². The summed E-state index contributed by atoms with van der Waals surface area (Å²) in [6, 6.07) is -1.70. The largest absolute Gasteiger partial charge is 0.504 e. The third kappa shape index (κ3) is 4.92. The minimum absolute atomic E-state index is 0.0240. The Morgan fingerprint density at radius 1 is 0.784 bits per heavy atom. The van der Waals surface area contributed by atoms with Crippen molar-refractivity contribution in [3.8, 4) is 40.6 Å². The zero-order valence-corrected chi connectivity index (χ0v) is 28.7. The van der Waals surface area contributed by atoms with E-state index in [1.807, 2.05) is 11.9 Å². The van der Waals surface area contributed by atoms with Crippen LogP contribution in [0.25, 0.3) is 0 Å². The number of rotatable bonds is 7. The maximum absolute atomic E-state index is 14.7. The Bertz CT molecular complexity index is 1990. The molecule has 3 N–H and O–H groups in total. The molecule has 272 valence electrons. The Hall–Kier alpha value is -5.01. The Balaban J connectivity index is 1.58. The molecule has 1 amide bonds. The number of piperazine rings is 1. The van der Waals surface area contributed by atoms with E-state index in [4.69, 9.17) is 18.9 Å². The van der Waals surface area contributed by atoms with Crippen molar-refractivity contribution >= 4 is 5.91 Å². The molecule has 3 heterocycles. The van der Waals surface area contributed by atoms with E-state index in [1.165, 1.54) is 28.4 Å². The van der Waals surface area contributed by atoms with Gasteiger partial charge in [-0.25, -0.2) is 22.0 Å². The molecule has 0 radical (unpaired) electrons. The first-order valence-electron chi connectivity index (χ1n) is 15.8. The number of methoxy groups -OCH3 is 4. The number of ether oxygens (including phenoxy) is 4. The van der Waals surface area contributed by atoms with Crippen LogP contribution in [0, 0.1) is 54.3 Å². The molecule has 6 rings (SSSR count). The maximum Gasteiger partial charge on any atom is 0.257 e. The number of carbonyl (C=O) groups excluding carboxylic acids is 1. The molecule has 16 heteroatoms. The second-order valence-corrected chi connectivity index (χ2v) is 12.7. The smallest absolute Gasteiger partial charge is 0.257 e. The fourth-order valence-electron chi connectivity index (χ4n) is 8.50. The second-order valence-electron chi connectivity index (χ2n) is 12.7. The highest BCUT2D eigenvalue weighted by Crippen LogP contribution is 2.58. The summed E-state index contributed by atoms with van der Waals surface area (Å²) in [4.78, 5) is 17.0. The number of fused-ring (bicyclic) bond motifs is 7. The second kappa shape index (κ2) is 13.0. The van der Waals surface area contributed by atoms with Crippen molar-refractivity contribution in [2.45, 2.75) is 56.9 Å². The van der Waals surface area contributed by atoms with Crippen LogP contribution in [0.4, 0.5) is 22.0 Å². The van der Waals surface area contributed by atoms with E-state index in [-0.39, 0.29) is 41.4 Å². The molecule has 11 nitrogen and oxygen atoms in total. The van der Waals surface area contributed by atoms with E-state index >= 15 is 0 Å². The quantitative estimate of drug-likeness (QED) is 0.180. The van der Waals surface area contributed by atoms with Gasteiger partial charge in [-0.3, -0.25) is 14.6 Å². The molecule has 5 atom stereocenters. The Morgan fingerprint density at radius 2 is 1.24 bits per heavy atom. The third-order valence-corrected chi connectivity index (χ3v) is 10.6. The predicted molar refractivity (Wildman–Crippen MR) is 170 cm³/mol. The number of halogens is 5. The van der Waals surface area contributed by atoms with Gasteiger partial charge in [-0.1, -0.05) is 0 Å². The van der Waals surface area contributed by atoms with Crippen molar-refractivity contribution in [1.82, 2.24) is 15.1 Å². The van der Waals surface area contributed by atoms with E-state index in [9.17, 15) is 42.2 Å². The number of amides is 1. The fourth-order valence-corrected chi connectivity index (χ4v) is 8.50. The molecule has 0 unspecified atom stereocenters. The molecule has 0 aliphatic carbocycles. The van der Waals surface area contributed by atoms with E-state index in [2.05, 4.69) is 11.4 Å². The lowest BCUT2D eigenvalue weighted by Gasteiger charge is -2.60. The number of benzene rings is 3. The molecule has 3 aliphatic heterocycles. The molecule has 0 spiro atoms. The average molecular weight is 719 g/mol. The van der Waals surface area contributed by atoms with Crippen LogP contribution >= 0.6 is 0 Å². The number of aromatic hydroxyl groups is 2. The van der Waals surface area contributed by atoms with E-state index in [0.717, 1.165) is 0 Å². The van der Waals surface area contributed by atoms with Crippen LogP contribution in [-0.4, -0.2) is 86.1 Å². The van der Waals surface area contributed by atoms with Gasteiger partial charge < -0.3 is 34.5 Å². The number of hydrogen-bond donors (Lipinski definition) is 3. The van der Waals surface area contributed by atoms with Gasteiger partial charge in [-0.15, -0.1) is 0 Å². The van der Waals surface area contributed by atoms with Gasteiger partial charge in [0.05, 0.1) is 46.6 Å². The lowest BCUT2D eigenvalue weighted by molar-refractivity contribution is -0.0724. The topological polar surface area (TPSA) is 137 Å². The number of nitriles is 1. The third-order valence-electron chi connectivity index (χ3n) is 10.6. The number of nitrogens with one attached hydrogen (secondary N) is 1. The molecule has 3 aromatic rings. The predicted octanol–water partition coefficient (Wildman–Crippen LogP) is 4.65. The highest BCUT2D eigenvalue weighted by Gasteiger charge is 2.57. The van der Waals surface area contributed by atoms with Gasteiger partial charge in [0.25, 0.3) is 5.91 Å².